The summed E-state index contributed by atoms with van der Waals surface area (Å²) in [5.41, 5.74) is 1.25. The molecule has 0 spiro atoms. The zero-order chi connectivity index (χ0) is 17.5. The van der Waals surface area contributed by atoms with Crippen LogP contribution in [0.1, 0.15) is 20.0 Å². The van der Waals surface area contributed by atoms with Gasteiger partial charge in [0.1, 0.15) is 0 Å². The first-order chi connectivity index (χ1) is 12.2. The number of rotatable bonds is 6. The molecular formula is C18H21N3O3S. The highest BCUT2D eigenvalue weighted by atomic mass is 32.1. The van der Waals surface area contributed by atoms with E-state index in [0.717, 1.165) is 32.8 Å². The molecule has 2 amide bonds. The average Bonchev–Trinajstić information content (AvgIpc) is 3.18. The monoisotopic (exact) mass is 359 g/mol. The number of carbonyl (C=O) groups excluding carboxylic acids is 2. The Labute approximate surface area is 150 Å². The molecule has 0 saturated carbocycles. The summed E-state index contributed by atoms with van der Waals surface area (Å²) in [6, 6.07) is 10.5. The van der Waals surface area contributed by atoms with Crippen LogP contribution >= 0.6 is 11.3 Å². The minimum Gasteiger partial charge on any atom is -0.379 e. The number of hydrogen-bond acceptors (Lipinski definition) is 5. The summed E-state index contributed by atoms with van der Waals surface area (Å²) in [6.07, 6.45) is 0. The molecule has 1 saturated heterocycles. The van der Waals surface area contributed by atoms with Crippen LogP contribution in [-0.4, -0.2) is 56.1 Å². The second-order valence-corrected chi connectivity index (χ2v) is 6.67. The van der Waals surface area contributed by atoms with Crippen LogP contribution in [0.5, 0.6) is 0 Å². The Bertz CT molecular complexity index is 695. The molecule has 1 aromatic heterocycles. The molecule has 7 heteroatoms. The number of carbonyl (C=O) groups is 2. The Morgan fingerprint density at radius 2 is 1.84 bits per heavy atom. The van der Waals surface area contributed by atoms with Crippen LogP contribution in [0.25, 0.3) is 0 Å². The topological polar surface area (TPSA) is 70.7 Å². The second-order valence-electron chi connectivity index (χ2n) is 5.72. The number of amides is 2. The van der Waals surface area contributed by atoms with Crippen LogP contribution in [0.3, 0.4) is 0 Å². The van der Waals surface area contributed by atoms with Gasteiger partial charge in [0.25, 0.3) is 11.8 Å². The van der Waals surface area contributed by atoms with E-state index in [1.54, 1.807) is 30.3 Å². The summed E-state index contributed by atoms with van der Waals surface area (Å²) >= 11 is 1.39. The summed E-state index contributed by atoms with van der Waals surface area (Å²) in [5.74, 6) is -0.248. The lowest BCUT2D eigenvalue weighted by atomic mass is 10.2. The number of nitrogens with zero attached hydrogens (tertiary/aromatic N) is 1. The fourth-order valence-corrected chi connectivity index (χ4v) is 3.18. The first kappa shape index (κ1) is 17.6. The predicted molar refractivity (Wildman–Crippen MR) is 98.3 cm³/mol. The van der Waals surface area contributed by atoms with Gasteiger partial charge in [-0.3, -0.25) is 14.5 Å². The molecule has 2 aromatic rings. The molecular weight excluding hydrogens is 338 g/mol. The van der Waals surface area contributed by atoms with Crippen LogP contribution in [0.4, 0.5) is 5.69 Å². The minimum absolute atomic E-state index is 0.107. The van der Waals surface area contributed by atoms with Gasteiger partial charge in [-0.15, -0.1) is 11.3 Å². The molecule has 2 heterocycles. The van der Waals surface area contributed by atoms with E-state index in [2.05, 4.69) is 15.5 Å². The van der Waals surface area contributed by atoms with E-state index < -0.39 is 0 Å². The van der Waals surface area contributed by atoms with Crippen molar-refractivity contribution in [1.29, 1.82) is 0 Å². The van der Waals surface area contributed by atoms with Crippen molar-refractivity contribution in [3.05, 3.63) is 52.2 Å². The van der Waals surface area contributed by atoms with E-state index in [1.165, 1.54) is 11.3 Å². The van der Waals surface area contributed by atoms with E-state index in [-0.39, 0.29) is 11.8 Å². The van der Waals surface area contributed by atoms with E-state index >= 15 is 0 Å². The number of morpholine rings is 1. The van der Waals surface area contributed by atoms with Crippen LogP contribution in [-0.2, 0) is 4.74 Å². The molecule has 3 rings (SSSR count). The van der Waals surface area contributed by atoms with Gasteiger partial charge < -0.3 is 15.4 Å². The Hall–Kier alpha value is -2.22. The summed E-state index contributed by atoms with van der Waals surface area (Å²) in [6.45, 7) is 4.77. The summed E-state index contributed by atoms with van der Waals surface area (Å²) < 4.78 is 5.30. The number of ether oxygens (including phenoxy) is 1. The number of hydrogen-bond donors (Lipinski definition) is 2. The maximum absolute atomic E-state index is 12.2. The third-order valence-electron chi connectivity index (χ3n) is 3.97. The van der Waals surface area contributed by atoms with Crippen molar-refractivity contribution in [2.45, 2.75) is 0 Å². The van der Waals surface area contributed by atoms with Gasteiger partial charge in [0.15, 0.2) is 0 Å². The Kier molecular flexibility index (Phi) is 6.16. The van der Waals surface area contributed by atoms with E-state index in [9.17, 15) is 9.59 Å². The van der Waals surface area contributed by atoms with E-state index in [1.807, 2.05) is 11.4 Å². The molecule has 0 radical (unpaired) electrons. The maximum Gasteiger partial charge on any atom is 0.265 e. The third-order valence-corrected chi connectivity index (χ3v) is 4.84. The molecule has 0 aliphatic carbocycles. The molecule has 0 bridgehead atoms. The van der Waals surface area contributed by atoms with Crippen molar-refractivity contribution < 1.29 is 14.3 Å². The molecule has 25 heavy (non-hydrogen) atoms. The largest absolute Gasteiger partial charge is 0.379 e. The van der Waals surface area contributed by atoms with Crippen molar-refractivity contribution in [3.63, 3.8) is 0 Å². The average molecular weight is 359 g/mol. The highest BCUT2D eigenvalue weighted by Crippen LogP contribution is 2.14. The number of benzene rings is 1. The summed E-state index contributed by atoms with van der Waals surface area (Å²) in [7, 11) is 0. The first-order valence-electron chi connectivity index (χ1n) is 8.25. The Morgan fingerprint density at radius 3 is 2.52 bits per heavy atom. The van der Waals surface area contributed by atoms with Crippen molar-refractivity contribution in [2.24, 2.45) is 0 Å². The zero-order valence-corrected chi connectivity index (χ0v) is 14.7. The lowest BCUT2D eigenvalue weighted by molar-refractivity contribution is 0.0383. The molecule has 2 N–H and O–H groups in total. The molecule has 132 valence electrons. The van der Waals surface area contributed by atoms with Gasteiger partial charge in [-0.1, -0.05) is 6.07 Å². The van der Waals surface area contributed by atoms with Gasteiger partial charge in [-0.05, 0) is 35.7 Å². The molecule has 0 unspecified atom stereocenters. The fraction of sp³-hybridized carbons (Fsp3) is 0.333. The van der Waals surface area contributed by atoms with Crippen molar-refractivity contribution >= 4 is 28.8 Å². The zero-order valence-electron chi connectivity index (χ0n) is 13.9. The van der Waals surface area contributed by atoms with E-state index in [4.69, 9.17) is 4.74 Å². The van der Waals surface area contributed by atoms with Crippen molar-refractivity contribution in [2.75, 3.05) is 44.7 Å². The number of thiophene rings is 1. The molecule has 0 atom stereocenters. The predicted octanol–water partition coefficient (Wildman–Crippen LogP) is 2.06. The summed E-state index contributed by atoms with van der Waals surface area (Å²) in [4.78, 5) is 27.1. The molecule has 1 aliphatic heterocycles. The Balaban J connectivity index is 1.46. The summed E-state index contributed by atoms with van der Waals surface area (Å²) in [5, 5.41) is 7.60. The minimum atomic E-state index is -0.141. The fourth-order valence-electron chi connectivity index (χ4n) is 2.56. The standard InChI is InChI=1S/C18H21N3O3S/c22-17(19-7-8-21-9-11-24-12-10-21)14-3-5-15(6-4-14)20-18(23)16-2-1-13-25-16/h1-6,13H,7-12H2,(H,19,22)(H,20,23). The maximum atomic E-state index is 12.2. The van der Waals surface area contributed by atoms with Crippen LogP contribution in [0.2, 0.25) is 0 Å². The lowest BCUT2D eigenvalue weighted by Gasteiger charge is -2.26. The Morgan fingerprint density at radius 1 is 1.08 bits per heavy atom. The molecule has 1 aromatic carbocycles. The van der Waals surface area contributed by atoms with Crippen molar-refractivity contribution in [3.8, 4) is 0 Å². The quantitative estimate of drug-likeness (QED) is 0.828. The van der Waals surface area contributed by atoms with Gasteiger partial charge in [-0.25, -0.2) is 0 Å². The normalized spacial score (nSPS) is 14.9. The highest BCUT2D eigenvalue weighted by molar-refractivity contribution is 7.12. The van der Waals surface area contributed by atoms with Gasteiger partial charge in [0.05, 0.1) is 18.1 Å². The molecule has 1 aliphatic rings. The first-order valence-corrected chi connectivity index (χ1v) is 9.13. The van der Waals surface area contributed by atoms with Gasteiger partial charge >= 0.3 is 0 Å². The highest BCUT2D eigenvalue weighted by Gasteiger charge is 2.11. The van der Waals surface area contributed by atoms with Gasteiger partial charge in [0, 0.05) is 37.4 Å². The smallest absolute Gasteiger partial charge is 0.265 e. The second kappa shape index (κ2) is 8.75. The lowest BCUT2D eigenvalue weighted by Crippen LogP contribution is -2.41. The molecule has 1 fully saturated rings. The number of nitrogens with one attached hydrogen (secondary N) is 2. The van der Waals surface area contributed by atoms with Gasteiger partial charge in [0.2, 0.25) is 0 Å². The SMILES string of the molecule is O=C(NCCN1CCOCC1)c1ccc(NC(=O)c2cccs2)cc1. The van der Waals surface area contributed by atoms with Crippen LogP contribution in [0, 0.1) is 0 Å². The van der Waals surface area contributed by atoms with Crippen molar-refractivity contribution in [1.82, 2.24) is 10.2 Å². The van der Waals surface area contributed by atoms with E-state index in [0.29, 0.717) is 22.7 Å². The molecule has 6 nitrogen and oxygen atoms in total. The third kappa shape index (κ3) is 5.12. The van der Waals surface area contributed by atoms with Crippen LogP contribution < -0.4 is 10.6 Å². The number of anilines is 1. The van der Waals surface area contributed by atoms with Crippen LogP contribution in [0.15, 0.2) is 41.8 Å². The van der Waals surface area contributed by atoms with Gasteiger partial charge in [-0.2, -0.15) is 0 Å².